The lowest BCUT2D eigenvalue weighted by atomic mass is 10.1. The first-order chi connectivity index (χ1) is 7.18. The highest BCUT2D eigenvalue weighted by Crippen LogP contribution is 2.24. The molecular formula is C11H17NO2S. The van der Waals surface area contributed by atoms with Gasteiger partial charge in [-0.2, -0.15) is 0 Å². The van der Waals surface area contributed by atoms with E-state index in [0.717, 1.165) is 18.1 Å². The second kappa shape index (κ2) is 4.49. The molecule has 1 fully saturated rings. The molecule has 0 saturated carbocycles. The van der Waals surface area contributed by atoms with E-state index in [0.29, 0.717) is 5.92 Å². The number of furan rings is 1. The molecule has 4 atom stereocenters. The van der Waals surface area contributed by atoms with E-state index < -0.39 is 10.8 Å². The second-order valence-corrected chi connectivity index (χ2v) is 6.10. The highest BCUT2D eigenvalue weighted by atomic mass is 32.2. The van der Waals surface area contributed by atoms with Crippen molar-refractivity contribution in [1.82, 2.24) is 5.32 Å². The van der Waals surface area contributed by atoms with Crippen molar-refractivity contribution in [3.8, 4) is 0 Å². The van der Waals surface area contributed by atoms with Crippen molar-refractivity contribution in [1.29, 1.82) is 0 Å². The molecule has 0 aromatic carbocycles. The van der Waals surface area contributed by atoms with Gasteiger partial charge in [-0.1, -0.05) is 6.92 Å². The molecule has 1 aliphatic rings. The van der Waals surface area contributed by atoms with Gasteiger partial charge in [0.2, 0.25) is 0 Å². The first kappa shape index (κ1) is 10.9. The lowest BCUT2D eigenvalue weighted by Gasteiger charge is -2.19. The third-order valence-electron chi connectivity index (χ3n) is 2.87. The summed E-state index contributed by atoms with van der Waals surface area (Å²) >= 11 is 0. The molecule has 0 aliphatic carbocycles. The van der Waals surface area contributed by atoms with Crippen molar-refractivity contribution in [3.05, 3.63) is 24.2 Å². The predicted molar refractivity (Wildman–Crippen MR) is 61.1 cm³/mol. The van der Waals surface area contributed by atoms with E-state index in [9.17, 15) is 4.21 Å². The van der Waals surface area contributed by atoms with Crippen molar-refractivity contribution < 1.29 is 8.63 Å². The van der Waals surface area contributed by atoms with Crippen molar-refractivity contribution in [2.45, 2.75) is 25.1 Å². The van der Waals surface area contributed by atoms with Crippen LogP contribution in [0.15, 0.2) is 22.8 Å². The molecule has 15 heavy (non-hydrogen) atoms. The van der Waals surface area contributed by atoms with E-state index in [4.69, 9.17) is 4.42 Å². The third-order valence-corrected chi connectivity index (χ3v) is 4.87. The van der Waals surface area contributed by atoms with E-state index in [1.165, 1.54) is 0 Å². The smallest absolute Gasteiger partial charge is 0.121 e. The van der Waals surface area contributed by atoms with Crippen LogP contribution in [-0.2, 0) is 10.8 Å². The van der Waals surface area contributed by atoms with Crippen LogP contribution in [0.1, 0.15) is 25.6 Å². The molecule has 1 aromatic heterocycles. The van der Waals surface area contributed by atoms with Crippen LogP contribution in [0.4, 0.5) is 0 Å². The Labute approximate surface area is 92.7 Å². The normalized spacial score (nSPS) is 37.5. The summed E-state index contributed by atoms with van der Waals surface area (Å²) in [5.74, 6) is 2.14. The summed E-state index contributed by atoms with van der Waals surface area (Å²) in [6.45, 7) is 5.05. The number of hydrogen-bond acceptors (Lipinski definition) is 3. The zero-order valence-corrected chi connectivity index (χ0v) is 9.92. The molecule has 2 heterocycles. The van der Waals surface area contributed by atoms with Crippen molar-refractivity contribution in [2.24, 2.45) is 5.92 Å². The number of rotatable bonds is 1. The van der Waals surface area contributed by atoms with Gasteiger partial charge in [-0.15, -0.1) is 0 Å². The summed E-state index contributed by atoms with van der Waals surface area (Å²) in [6.07, 6.45) is 1.67. The van der Waals surface area contributed by atoms with E-state index in [1.54, 1.807) is 6.26 Å². The van der Waals surface area contributed by atoms with Crippen molar-refractivity contribution in [2.75, 3.05) is 12.3 Å². The zero-order chi connectivity index (χ0) is 10.8. The monoisotopic (exact) mass is 227 g/mol. The largest absolute Gasteiger partial charge is 0.468 e. The van der Waals surface area contributed by atoms with Gasteiger partial charge in [-0.3, -0.25) is 4.21 Å². The summed E-state index contributed by atoms with van der Waals surface area (Å²) in [5, 5.41) is 3.54. The van der Waals surface area contributed by atoms with Gasteiger partial charge >= 0.3 is 0 Å². The van der Waals surface area contributed by atoms with E-state index >= 15 is 0 Å². The fourth-order valence-electron chi connectivity index (χ4n) is 1.94. The van der Waals surface area contributed by atoms with Gasteiger partial charge in [0.1, 0.15) is 5.76 Å². The van der Waals surface area contributed by atoms with Gasteiger partial charge in [0, 0.05) is 16.6 Å². The maximum atomic E-state index is 12.0. The van der Waals surface area contributed by atoms with E-state index in [1.807, 2.05) is 19.1 Å². The van der Waals surface area contributed by atoms with Crippen LogP contribution in [0.3, 0.4) is 0 Å². The van der Waals surface area contributed by atoms with Crippen LogP contribution >= 0.6 is 0 Å². The molecule has 0 bridgehead atoms. The average molecular weight is 227 g/mol. The van der Waals surface area contributed by atoms with Crippen molar-refractivity contribution >= 4 is 10.8 Å². The van der Waals surface area contributed by atoms with Crippen LogP contribution < -0.4 is 5.32 Å². The predicted octanol–water partition coefficient (Wildman–Crippen LogP) is 1.70. The van der Waals surface area contributed by atoms with E-state index in [2.05, 4.69) is 12.2 Å². The van der Waals surface area contributed by atoms with Gasteiger partial charge in [0.15, 0.2) is 0 Å². The summed E-state index contributed by atoms with van der Waals surface area (Å²) < 4.78 is 17.3. The summed E-state index contributed by atoms with van der Waals surface area (Å²) in [7, 11) is -0.770. The Hall–Kier alpha value is -0.610. The minimum atomic E-state index is -0.770. The van der Waals surface area contributed by atoms with Crippen LogP contribution in [-0.4, -0.2) is 21.8 Å². The molecule has 1 aliphatic heterocycles. The van der Waals surface area contributed by atoms with E-state index in [-0.39, 0.29) is 11.3 Å². The molecule has 0 amide bonds. The van der Waals surface area contributed by atoms with Gasteiger partial charge in [0.05, 0.1) is 17.6 Å². The fraction of sp³-hybridized carbons (Fsp3) is 0.636. The molecule has 1 saturated heterocycles. The van der Waals surface area contributed by atoms with Crippen LogP contribution in [0.2, 0.25) is 0 Å². The highest BCUT2D eigenvalue weighted by molar-refractivity contribution is 7.85. The van der Waals surface area contributed by atoms with Gasteiger partial charge in [0.25, 0.3) is 0 Å². The summed E-state index contributed by atoms with van der Waals surface area (Å²) in [5.41, 5.74) is 0. The molecule has 1 aromatic rings. The maximum Gasteiger partial charge on any atom is 0.121 e. The summed E-state index contributed by atoms with van der Waals surface area (Å²) in [6, 6.07) is 3.91. The molecule has 0 spiro atoms. The Bertz CT molecular complexity index is 336. The zero-order valence-electron chi connectivity index (χ0n) is 9.10. The van der Waals surface area contributed by atoms with Gasteiger partial charge in [-0.05, 0) is 31.5 Å². The topological polar surface area (TPSA) is 42.2 Å². The molecule has 1 N–H and O–H groups in total. The SMILES string of the molecule is CC1CNC(c2ccco2)C(C)S(=O)C1. The minimum absolute atomic E-state index is 0.0887. The second-order valence-electron chi connectivity index (χ2n) is 4.26. The molecule has 4 heteroatoms. The van der Waals surface area contributed by atoms with Gasteiger partial charge < -0.3 is 9.73 Å². The Kier molecular flexibility index (Phi) is 3.26. The Morgan fingerprint density at radius 1 is 1.53 bits per heavy atom. The first-order valence-corrected chi connectivity index (χ1v) is 6.70. The summed E-state index contributed by atoms with van der Waals surface area (Å²) in [4.78, 5) is 0. The molecule has 84 valence electrons. The minimum Gasteiger partial charge on any atom is -0.468 e. The Balaban J connectivity index is 2.20. The lowest BCUT2D eigenvalue weighted by Crippen LogP contribution is -2.30. The van der Waals surface area contributed by atoms with Crippen LogP contribution in [0.5, 0.6) is 0 Å². The molecule has 0 radical (unpaired) electrons. The quantitative estimate of drug-likeness (QED) is 0.794. The maximum absolute atomic E-state index is 12.0. The molecule has 4 unspecified atom stereocenters. The van der Waals surface area contributed by atoms with Gasteiger partial charge in [-0.25, -0.2) is 0 Å². The Morgan fingerprint density at radius 2 is 2.33 bits per heavy atom. The number of nitrogens with one attached hydrogen (secondary N) is 1. The first-order valence-electron chi connectivity index (χ1n) is 5.32. The van der Waals surface area contributed by atoms with Crippen LogP contribution in [0.25, 0.3) is 0 Å². The fourth-order valence-corrected chi connectivity index (χ4v) is 3.45. The average Bonchev–Trinajstić information content (AvgIpc) is 2.67. The highest BCUT2D eigenvalue weighted by Gasteiger charge is 2.30. The number of hydrogen-bond donors (Lipinski definition) is 1. The molecule has 2 rings (SSSR count). The third kappa shape index (κ3) is 2.32. The standard InChI is InChI=1S/C11H17NO2S/c1-8-6-12-11(9(2)15(13)7-8)10-4-3-5-14-10/h3-5,8-9,11-12H,6-7H2,1-2H3. The lowest BCUT2D eigenvalue weighted by molar-refractivity contribution is 0.400. The molecule has 3 nitrogen and oxygen atoms in total. The Morgan fingerprint density at radius 3 is 3.00 bits per heavy atom. The van der Waals surface area contributed by atoms with Crippen molar-refractivity contribution in [3.63, 3.8) is 0 Å². The molecular weight excluding hydrogens is 210 g/mol. The van der Waals surface area contributed by atoms with Crippen LogP contribution in [0, 0.1) is 5.92 Å².